The van der Waals surface area contributed by atoms with Crippen LogP contribution in [0.2, 0.25) is 0 Å². The Kier molecular flexibility index (Phi) is 6.82. The van der Waals surface area contributed by atoms with Gasteiger partial charge in [-0.3, -0.25) is 9.59 Å². The SMILES string of the molecule is COc1cc(OC)cc(C(=O)N2CCN(C(=O)C(C)Oc3cccc(C)c3)CC2)c1. The van der Waals surface area contributed by atoms with E-state index in [1.807, 2.05) is 31.2 Å². The van der Waals surface area contributed by atoms with E-state index in [1.54, 1.807) is 49.1 Å². The molecule has 2 aromatic carbocycles. The van der Waals surface area contributed by atoms with Gasteiger partial charge in [0.25, 0.3) is 11.8 Å². The van der Waals surface area contributed by atoms with Crippen LogP contribution in [-0.2, 0) is 4.79 Å². The Hall–Kier alpha value is -3.22. The van der Waals surface area contributed by atoms with Gasteiger partial charge in [0, 0.05) is 37.8 Å². The fraction of sp³-hybridized carbons (Fsp3) is 0.391. The maximum Gasteiger partial charge on any atom is 0.263 e. The van der Waals surface area contributed by atoms with E-state index in [2.05, 4.69) is 0 Å². The fourth-order valence-corrected chi connectivity index (χ4v) is 3.44. The van der Waals surface area contributed by atoms with Gasteiger partial charge < -0.3 is 24.0 Å². The highest BCUT2D eigenvalue weighted by Crippen LogP contribution is 2.24. The van der Waals surface area contributed by atoms with Crippen LogP contribution in [0, 0.1) is 6.92 Å². The number of aryl methyl sites for hydroxylation is 1. The van der Waals surface area contributed by atoms with Gasteiger partial charge in [-0.05, 0) is 43.7 Å². The summed E-state index contributed by atoms with van der Waals surface area (Å²) in [5.74, 6) is 1.62. The third kappa shape index (κ3) is 5.03. The molecule has 30 heavy (non-hydrogen) atoms. The first kappa shape index (κ1) is 21.5. The molecule has 160 valence electrons. The average molecular weight is 412 g/mol. The number of methoxy groups -OCH3 is 2. The maximum absolute atomic E-state index is 12.9. The Bertz CT molecular complexity index is 884. The molecule has 0 saturated carbocycles. The first-order valence-corrected chi connectivity index (χ1v) is 9.95. The lowest BCUT2D eigenvalue weighted by atomic mass is 10.1. The topological polar surface area (TPSA) is 68.3 Å². The first-order valence-electron chi connectivity index (χ1n) is 9.95. The molecule has 0 radical (unpaired) electrons. The summed E-state index contributed by atoms with van der Waals surface area (Å²) in [6, 6.07) is 12.7. The minimum absolute atomic E-state index is 0.0772. The lowest BCUT2D eigenvalue weighted by Crippen LogP contribution is -2.53. The summed E-state index contributed by atoms with van der Waals surface area (Å²) in [5, 5.41) is 0. The molecule has 2 amide bonds. The van der Waals surface area contributed by atoms with Gasteiger partial charge in [0.05, 0.1) is 14.2 Å². The van der Waals surface area contributed by atoms with E-state index in [0.29, 0.717) is 49.0 Å². The molecule has 0 spiro atoms. The van der Waals surface area contributed by atoms with Gasteiger partial charge in [0.15, 0.2) is 6.10 Å². The molecule has 0 aromatic heterocycles. The molecule has 1 saturated heterocycles. The Labute approximate surface area is 177 Å². The van der Waals surface area contributed by atoms with Gasteiger partial charge in [-0.25, -0.2) is 0 Å². The molecule has 7 heteroatoms. The monoisotopic (exact) mass is 412 g/mol. The van der Waals surface area contributed by atoms with Gasteiger partial charge in [-0.15, -0.1) is 0 Å². The second-order valence-electron chi connectivity index (χ2n) is 7.30. The second-order valence-corrected chi connectivity index (χ2v) is 7.30. The van der Waals surface area contributed by atoms with E-state index < -0.39 is 6.10 Å². The van der Waals surface area contributed by atoms with E-state index in [0.717, 1.165) is 5.56 Å². The van der Waals surface area contributed by atoms with Crippen molar-refractivity contribution in [3.05, 3.63) is 53.6 Å². The average Bonchev–Trinajstić information content (AvgIpc) is 2.77. The predicted molar refractivity (Wildman–Crippen MR) is 113 cm³/mol. The molecule has 0 aliphatic carbocycles. The minimum Gasteiger partial charge on any atom is -0.497 e. The van der Waals surface area contributed by atoms with Crippen LogP contribution in [0.4, 0.5) is 0 Å². The lowest BCUT2D eigenvalue weighted by molar-refractivity contribution is -0.139. The van der Waals surface area contributed by atoms with Gasteiger partial charge >= 0.3 is 0 Å². The molecule has 2 aromatic rings. The number of carbonyl (C=O) groups is 2. The van der Waals surface area contributed by atoms with Crippen molar-refractivity contribution >= 4 is 11.8 Å². The zero-order chi connectivity index (χ0) is 21.7. The van der Waals surface area contributed by atoms with Crippen LogP contribution in [0.5, 0.6) is 17.2 Å². The van der Waals surface area contributed by atoms with E-state index in [9.17, 15) is 9.59 Å². The number of benzene rings is 2. The van der Waals surface area contributed by atoms with Gasteiger partial charge in [-0.1, -0.05) is 12.1 Å². The number of piperazine rings is 1. The zero-order valence-corrected chi connectivity index (χ0v) is 17.9. The van der Waals surface area contributed by atoms with Crippen LogP contribution in [-0.4, -0.2) is 68.1 Å². The highest BCUT2D eigenvalue weighted by atomic mass is 16.5. The number of hydrogen-bond donors (Lipinski definition) is 0. The van der Waals surface area contributed by atoms with Crippen molar-refractivity contribution in [2.45, 2.75) is 20.0 Å². The summed E-state index contributed by atoms with van der Waals surface area (Å²) in [5.41, 5.74) is 1.58. The molecular weight excluding hydrogens is 384 g/mol. The Morgan fingerprint density at radius 2 is 1.47 bits per heavy atom. The van der Waals surface area contributed by atoms with Crippen molar-refractivity contribution in [3.8, 4) is 17.2 Å². The van der Waals surface area contributed by atoms with Crippen molar-refractivity contribution in [1.82, 2.24) is 9.80 Å². The fourth-order valence-electron chi connectivity index (χ4n) is 3.44. The van der Waals surface area contributed by atoms with Crippen LogP contribution in [0.25, 0.3) is 0 Å². The standard InChI is InChI=1S/C23H28N2O5/c1-16-6-5-7-19(12-16)30-17(2)22(26)24-8-10-25(11-9-24)23(27)18-13-20(28-3)15-21(14-18)29-4/h5-7,12-15,17H,8-11H2,1-4H3. The number of ether oxygens (including phenoxy) is 3. The van der Waals surface area contributed by atoms with Crippen LogP contribution in [0.1, 0.15) is 22.8 Å². The van der Waals surface area contributed by atoms with Crippen molar-refractivity contribution < 1.29 is 23.8 Å². The maximum atomic E-state index is 12.9. The van der Waals surface area contributed by atoms with Crippen LogP contribution >= 0.6 is 0 Å². The molecule has 0 bridgehead atoms. The molecular formula is C23H28N2O5. The summed E-state index contributed by atoms with van der Waals surface area (Å²) >= 11 is 0. The van der Waals surface area contributed by atoms with Crippen LogP contribution in [0.15, 0.2) is 42.5 Å². The summed E-state index contributed by atoms with van der Waals surface area (Å²) < 4.78 is 16.3. The van der Waals surface area contributed by atoms with Crippen LogP contribution < -0.4 is 14.2 Å². The summed E-state index contributed by atoms with van der Waals surface area (Å²) in [6.07, 6.45) is -0.586. The van der Waals surface area contributed by atoms with Crippen molar-refractivity contribution in [2.24, 2.45) is 0 Å². The normalized spacial score (nSPS) is 14.8. The van der Waals surface area contributed by atoms with E-state index in [1.165, 1.54) is 0 Å². The third-order valence-electron chi connectivity index (χ3n) is 5.13. The van der Waals surface area contributed by atoms with Gasteiger partial charge in [-0.2, -0.15) is 0 Å². The van der Waals surface area contributed by atoms with E-state index in [-0.39, 0.29) is 11.8 Å². The summed E-state index contributed by atoms with van der Waals surface area (Å²) in [6.45, 7) is 5.58. The van der Waals surface area contributed by atoms with Crippen molar-refractivity contribution in [3.63, 3.8) is 0 Å². The molecule has 1 unspecified atom stereocenters. The van der Waals surface area contributed by atoms with E-state index in [4.69, 9.17) is 14.2 Å². The van der Waals surface area contributed by atoms with Gasteiger partial charge in [0.2, 0.25) is 0 Å². The Balaban J connectivity index is 1.58. The third-order valence-corrected chi connectivity index (χ3v) is 5.13. The highest BCUT2D eigenvalue weighted by Gasteiger charge is 2.28. The van der Waals surface area contributed by atoms with Crippen molar-refractivity contribution in [2.75, 3.05) is 40.4 Å². The molecule has 1 aliphatic rings. The van der Waals surface area contributed by atoms with E-state index >= 15 is 0 Å². The Morgan fingerprint density at radius 1 is 0.867 bits per heavy atom. The van der Waals surface area contributed by atoms with Crippen molar-refractivity contribution in [1.29, 1.82) is 0 Å². The highest BCUT2D eigenvalue weighted by molar-refractivity contribution is 5.95. The number of amides is 2. The number of carbonyl (C=O) groups excluding carboxylic acids is 2. The minimum atomic E-state index is -0.586. The quantitative estimate of drug-likeness (QED) is 0.730. The second kappa shape index (κ2) is 9.52. The summed E-state index contributed by atoms with van der Waals surface area (Å²) in [7, 11) is 3.10. The molecule has 0 N–H and O–H groups in total. The molecule has 1 fully saturated rings. The molecule has 3 rings (SSSR count). The lowest BCUT2D eigenvalue weighted by Gasteiger charge is -2.36. The number of hydrogen-bond acceptors (Lipinski definition) is 5. The Morgan fingerprint density at radius 3 is 2.03 bits per heavy atom. The molecule has 7 nitrogen and oxygen atoms in total. The largest absolute Gasteiger partial charge is 0.497 e. The van der Waals surface area contributed by atoms with Gasteiger partial charge in [0.1, 0.15) is 17.2 Å². The molecule has 1 atom stereocenters. The first-order chi connectivity index (χ1) is 14.4. The predicted octanol–water partition coefficient (Wildman–Crippen LogP) is 2.76. The smallest absolute Gasteiger partial charge is 0.263 e. The summed E-state index contributed by atoms with van der Waals surface area (Å²) in [4.78, 5) is 29.2. The zero-order valence-electron chi connectivity index (χ0n) is 17.9. The van der Waals surface area contributed by atoms with Crippen LogP contribution in [0.3, 0.4) is 0 Å². The number of nitrogens with zero attached hydrogens (tertiary/aromatic N) is 2. The number of rotatable bonds is 6. The molecule has 1 heterocycles. The molecule has 1 aliphatic heterocycles.